The van der Waals surface area contributed by atoms with E-state index in [0.29, 0.717) is 25.5 Å². The van der Waals surface area contributed by atoms with E-state index in [1.165, 1.54) is 0 Å². The Kier molecular flexibility index (Phi) is 7.39. The number of hydrogen-bond acceptors (Lipinski definition) is 3. The zero-order valence-corrected chi connectivity index (χ0v) is 16.1. The first-order valence-electron chi connectivity index (χ1n) is 8.15. The maximum Gasteiger partial charge on any atom is 0.240 e. The normalized spacial score (nSPS) is 27.0. The van der Waals surface area contributed by atoms with Crippen LogP contribution < -0.4 is 11.1 Å². The van der Waals surface area contributed by atoms with E-state index >= 15 is 0 Å². The lowest BCUT2D eigenvalue weighted by Crippen LogP contribution is -2.76. The maximum atomic E-state index is 12.6. The average molecular weight is 335 g/mol. The lowest BCUT2D eigenvalue weighted by molar-refractivity contribution is -0.171. The third-order valence-electron chi connectivity index (χ3n) is 4.92. The second-order valence-corrected chi connectivity index (χ2v) is 8.29. The third-order valence-corrected chi connectivity index (χ3v) is 4.92. The maximum absolute atomic E-state index is 12.6. The van der Waals surface area contributed by atoms with Gasteiger partial charge in [0.25, 0.3) is 0 Å². The zero-order chi connectivity index (χ0) is 16.5. The molecule has 1 aliphatic rings. The summed E-state index contributed by atoms with van der Waals surface area (Å²) in [6.07, 6.45) is 1.75. The fraction of sp³-hybridized carbons (Fsp3) is 0.941. The molecule has 2 atom stereocenters. The molecule has 1 aliphatic carbocycles. The van der Waals surface area contributed by atoms with Gasteiger partial charge in [0.05, 0.1) is 6.10 Å². The summed E-state index contributed by atoms with van der Waals surface area (Å²) < 4.78 is 5.68. The first-order valence-corrected chi connectivity index (χ1v) is 8.15. The van der Waals surface area contributed by atoms with Crippen LogP contribution in [0.4, 0.5) is 0 Å². The first-order chi connectivity index (χ1) is 9.46. The monoisotopic (exact) mass is 334 g/mol. The van der Waals surface area contributed by atoms with Gasteiger partial charge in [-0.2, -0.15) is 0 Å². The lowest BCUT2D eigenvalue weighted by atomic mass is 9.54. The van der Waals surface area contributed by atoms with Crippen molar-refractivity contribution in [1.82, 2.24) is 5.32 Å². The molecule has 0 aromatic rings. The van der Waals surface area contributed by atoms with Gasteiger partial charge >= 0.3 is 0 Å². The molecule has 0 heterocycles. The van der Waals surface area contributed by atoms with Crippen molar-refractivity contribution in [3.05, 3.63) is 0 Å². The smallest absolute Gasteiger partial charge is 0.240 e. The van der Waals surface area contributed by atoms with E-state index in [4.69, 9.17) is 10.5 Å². The molecule has 0 aromatic carbocycles. The van der Waals surface area contributed by atoms with E-state index in [2.05, 4.69) is 33.0 Å². The molecule has 1 fully saturated rings. The van der Waals surface area contributed by atoms with Gasteiger partial charge in [-0.1, -0.05) is 41.5 Å². The number of ether oxygens (including phenoxy) is 1. The minimum Gasteiger partial charge on any atom is -0.378 e. The van der Waals surface area contributed by atoms with E-state index in [1.807, 2.05) is 20.8 Å². The van der Waals surface area contributed by atoms with Gasteiger partial charge in [-0.15, -0.1) is 12.4 Å². The van der Waals surface area contributed by atoms with Crippen LogP contribution in [0.5, 0.6) is 0 Å². The molecule has 0 bridgehead atoms. The van der Waals surface area contributed by atoms with Crippen molar-refractivity contribution >= 4 is 18.3 Å². The molecule has 4 nitrogen and oxygen atoms in total. The molecule has 132 valence electrons. The Morgan fingerprint density at radius 1 is 1.41 bits per heavy atom. The Morgan fingerprint density at radius 2 is 1.95 bits per heavy atom. The number of nitrogens with two attached hydrogens (primary N) is 1. The van der Waals surface area contributed by atoms with Gasteiger partial charge < -0.3 is 15.8 Å². The molecule has 3 N–H and O–H groups in total. The van der Waals surface area contributed by atoms with Crippen molar-refractivity contribution in [2.24, 2.45) is 22.5 Å². The zero-order valence-electron chi connectivity index (χ0n) is 15.3. The average Bonchev–Trinajstić information content (AvgIpc) is 2.34. The summed E-state index contributed by atoms with van der Waals surface area (Å²) in [4.78, 5) is 12.6. The number of nitrogens with one attached hydrogen (secondary N) is 1. The van der Waals surface area contributed by atoms with Crippen LogP contribution in [0.15, 0.2) is 0 Å². The Bertz CT molecular complexity index is 383. The topological polar surface area (TPSA) is 64.3 Å². The third kappa shape index (κ3) is 4.36. The highest BCUT2D eigenvalue weighted by atomic mass is 35.5. The Morgan fingerprint density at radius 3 is 2.36 bits per heavy atom. The largest absolute Gasteiger partial charge is 0.378 e. The van der Waals surface area contributed by atoms with E-state index in [0.717, 1.165) is 6.42 Å². The molecule has 1 amide bonds. The van der Waals surface area contributed by atoms with Crippen LogP contribution in [0.1, 0.15) is 61.3 Å². The molecule has 0 saturated heterocycles. The number of rotatable bonds is 7. The fourth-order valence-corrected chi connectivity index (χ4v) is 3.48. The van der Waals surface area contributed by atoms with Crippen molar-refractivity contribution < 1.29 is 9.53 Å². The quantitative estimate of drug-likeness (QED) is 0.751. The number of carbonyl (C=O) groups is 1. The fourth-order valence-electron chi connectivity index (χ4n) is 3.48. The van der Waals surface area contributed by atoms with Crippen LogP contribution in [0.2, 0.25) is 0 Å². The number of halogens is 1. The molecule has 1 saturated carbocycles. The SMILES string of the molecule is CCOC1CC(N)(C(=O)NCC(C)(C)CC(C)C)C1(C)C.Cl. The van der Waals surface area contributed by atoms with E-state index in [1.54, 1.807) is 0 Å². The summed E-state index contributed by atoms with van der Waals surface area (Å²) in [6, 6.07) is 0. The van der Waals surface area contributed by atoms with Crippen molar-refractivity contribution in [3.63, 3.8) is 0 Å². The molecular formula is C17H35ClN2O2. The van der Waals surface area contributed by atoms with Crippen LogP contribution >= 0.6 is 12.4 Å². The summed E-state index contributed by atoms with van der Waals surface area (Å²) in [5.41, 5.74) is 5.33. The van der Waals surface area contributed by atoms with Crippen molar-refractivity contribution in [3.8, 4) is 0 Å². The summed E-state index contributed by atoms with van der Waals surface area (Å²) >= 11 is 0. The number of carbonyl (C=O) groups excluding carboxylic acids is 1. The van der Waals surface area contributed by atoms with Gasteiger partial charge in [-0.05, 0) is 24.7 Å². The summed E-state index contributed by atoms with van der Waals surface area (Å²) in [5, 5.41) is 3.07. The molecule has 22 heavy (non-hydrogen) atoms. The van der Waals surface area contributed by atoms with Crippen molar-refractivity contribution in [2.75, 3.05) is 13.2 Å². The molecule has 5 heteroatoms. The minimum absolute atomic E-state index is 0. The Balaban J connectivity index is 0.00000441. The second-order valence-electron chi connectivity index (χ2n) is 8.29. The van der Waals surface area contributed by atoms with Crippen LogP contribution in [0, 0.1) is 16.7 Å². The Hall–Kier alpha value is -0.320. The summed E-state index contributed by atoms with van der Waals surface area (Å²) in [7, 11) is 0. The number of amides is 1. The second kappa shape index (κ2) is 7.50. The van der Waals surface area contributed by atoms with Gasteiger partial charge in [-0.25, -0.2) is 0 Å². The molecule has 0 radical (unpaired) electrons. The van der Waals surface area contributed by atoms with E-state index in [9.17, 15) is 4.79 Å². The van der Waals surface area contributed by atoms with Gasteiger partial charge in [0.1, 0.15) is 5.54 Å². The summed E-state index contributed by atoms with van der Waals surface area (Å²) in [5.74, 6) is 0.575. The lowest BCUT2D eigenvalue weighted by Gasteiger charge is -2.57. The number of hydrogen-bond donors (Lipinski definition) is 2. The highest BCUT2D eigenvalue weighted by molar-refractivity contribution is 5.88. The van der Waals surface area contributed by atoms with Crippen molar-refractivity contribution in [1.29, 1.82) is 0 Å². The van der Waals surface area contributed by atoms with Gasteiger partial charge in [-0.3, -0.25) is 4.79 Å². The van der Waals surface area contributed by atoms with Crippen LogP contribution in [0.25, 0.3) is 0 Å². The van der Waals surface area contributed by atoms with E-state index < -0.39 is 5.54 Å². The van der Waals surface area contributed by atoms with Crippen LogP contribution in [0.3, 0.4) is 0 Å². The van der Waals surface area contributed by atoms with E-state index in [-0.39, 0.29) is 35.2 Å². The van der Waals surface area contributed by atoms with Gasteiger partial charge in [0.15, 0.2) is 0 Å². The first kappa shape index (κ1) is 21.7. The van der Waals surface area contributed by atoms with Crippen LogP contribution in [-0.2, 0) is 9.53 Å². The van der Waals surface area contributed by atoms with Gasteiger partial charge in [0.2, 0.25) is 5.91 Å². The standard InChI is InChI=1S/C17H34N2O2.ClH/c1-8-21-13-10-17(18,16(13,6)7)14(20)19-11-15(4,5)9-12(2)3;/h12-13H,8-11,18H2,1-7H3,(H,19,20);1H. The highest BCUT2D eigenvalue weighted by Crippen LogP contribution is 2.49. The van der Waals surface area contributed by atoms with Crippen LogP contribution in [-0.4, -0.2) is 30.7 Å². The molecular weight excluding hydrogens is 300 g/mol. The molecule has 1 rings (SSSR count). The molecule has 0 spiro atoms. The Labute approximate surface area is 142 Å². The highest BCUT2D eigenvalue weighted by Gasteiger charge is 2.62. The predicted octanol–water partition coefficient (Wildman–Crippen LogP) is 3.13. The predicted molar refractivity (Wildman–Crippen MR) is 94.2 cm³/mol. The summed E-state index contributed by atoms with van der Waals surface area (Å²) in [6.45, 7) is 16.1. The molecule has 0 aliphatic heterocycles. The van der Waals surface area contributed by atoms with Crippen molar-refractivity contribution in [2.45, 2.75) is 73.0 Å². The molecule has 0 aromatic heterocycles. The molecule has 2 unspecified atom stereocenters. The van der Waals surface area contributed by atoms with Gasteiger partial charge in [0, 0.05) is 25.0 Å². The minimum atomic E-state index is -0.819.